The molecular weight excluding hydrogens is 312 g/mol. The summed E-state index contributed by atoms with van der Waals surface area (Å²) in [5.41, 5.74) is 3.91. The summed E-state index contributed by atoms with van der Waals surface area (Å²) in [6.45, 7) is 8.26. The molecule has 1 saturated heterocycles. The molecule has 1 fully saturated rings. The number of aromatic nitrogens is 2. The largest absolute Gasteiger partial charge is 0.347 e. The fourth-order valence-corrected chi connectivity index (χ4v) is 3.26. The van der Waals surface area contributed by atoms with E-state index in [1.165, 1.54) is 31.5 Å². The summed E-state index contributed by atoms with van der Waals surface area (Å²) in [5, 5.41) is 10.00. The minimum absolute atomic E-state index is 0.132. The normalized spacial score (nSPS) is 15.0. The average molecular weight is 340 g/mol. The molecule has 1 aromatic heterocycles. The van der Waals surface area contributed by atoms with Crippen LogP contribution >= 0.6 is 0 Å². The molecule has 2 heterocycles. The van der Waals surface area contributed by atoms with Gasteiger partial charge < -0.3 is 5.32 Å². The Hall–Kier alpha value is -2.14. The quantitative estimate of drug-likeness (QED) is 0.814. The van der Waals surface area contributed by atoms with Crippen LogP contribution in [0.15, 0.2) is 30.3 Å². The zero-order chi connectivity index (χ0) is 17.6. The highest BCUT2D eigenvalue weighted by Crippen LogP contribution is 2.13. The molecule has 134 valence electrons. The van der Waals surface area contributed by atoms with E-state index >= 15 is 0 Å². The predicted octanol–water partition coefficient (Wildman–Crippen LogP) is 3.13. The number of nitrogens with zero attached hydrogens (tertiary/aromatic N) is 2. The molecule has 0 aliphatic carbocycles. The topological polar surface area (TPSA) is 61.0 Å². The van der Waals surface area contributed by atoms with Gasteiger partial charge in [-0.25, -0.2) is 0 Å². The maximum atomic E-state index is 12.2. The summed E-state index contributed by atoms with van der Waals surface area (Å²) >= 11 is 0. The number of amides is 1. The van der Waals surface area contributed by atoms with E-state index in [-0.39, 0.29) is 5.91 Å². The molecule has 1 aromatic carbocycles. The van der Waals surface area contributed by atoms with Crippen LogP contribution in [0.1, 0.15) is 54.0 Å². The van der Waals surface area contributed by atoms with Crippen LogP contribution in [-0.2, 0) is 19.5 Å². The molecule has 2 N–H and O–H groups in total. The Morgan fingerprint density at radius 2 is 1.88 bits per heavy atom. The lowest BCUT2D eigenvalue weighted by Gasteiger charge is -2.14. The Kier molecular flexibility index (Phi) is 5.87. The third kappa shape index (κ3) is 5.16. The van der Waals surface area contributed by atoms with Crippen molar-refractivity contribution < 1.29 is 4.79 Å². The Balaban J connectivity index is 1.49. The van der Waals surface area contributed by atoms with Crippen LogP contribution in [0.4, 0.5) is 0 Å². The number of carbonyl (C=O) groups is 1. The zero-order valence-corrected chi connectivity index (χ0v) is 15.2. The van der Waals surface area contributed by atoms with E-state index in [1.807, 2.05) is 6.07 Å². The lowest BCUT2D eigenvalue weighted by atomic mass is 10.1. The molecule has 0 bridgehead atoms. The third-order valence-electron chi connectivity index (χ3n) is 4.57. The maximum Gasteiger partial charge on any atom is 0.272 e. The van der Waals surface area contributed by atoms with Crippen molar-refractivity contribution in [1.29, 1.82) is 0 Å². The van der Waals surface area contributed by atoms with Crippen molar-refractivity contribution in [3.05, 3.63) is 52.8 Å². The number of hydrogen-bond donors (Lipinski definition) is 2. The first-order valence-corrected chi connectivity index (χ1v) is 9.23. The lowest BCUT2D eigenvalue weighted by Crippen LogP contribution is -2.23. The van der Waals surface area contributed by atoms with Gasteiger partial charge in [-0.1, -0.05) is 38.1 Å². The monoisotopic (exact) mass is 340 g/mol. The van der Waals surface area contributed by atoms with Crippen LogP contribution in [0.3, 0.4) is 0 Å². The first-order valence-electron chi connectivity index (χ1n) is 9.23. The summed E-state index contributed by atoms with van der Waals surface area (Å²) in [4.78, 5) is 14.7. The number of rotatable bonds is 7. The van der Waals surface area contributed by atoms with Crippen molar-refractivity contribution in [3.8, 4) is 0 Å². The number of carbonyl (C=O) groups excluding carboxylic acids is 1. The number of aromatic amines is 1. The van der Waals surface area contributed by atoms with Gasteiger partial charge in [0, 0.05) is 18.8 Å². The van der Waals surface area contributed by atoms with E-state index in [9.17, 15) is 4.79 Å². The van der Waals surface area contributed by atoms with E-state index in [1.54, 1.807) is 0 Å². The molecule has 0 unspecified atom stereocenters. The number of benzene rings is 1. The van der Waals surface area contributed by atoms with Gasteiger partial charge in [-0.15, -0.1) is 0 Å². The smallest absolute Gasteiger partial charge is 0.272 e. The van der Waals surface area contributed by atoms with Crippen molar-refractivity contribution >= 4 is 5.91 Å². The summed E-state index contributed by atoms with van der Waals surface area (Å²) in [5.74, 6) is 0.405. The molecule has 1 amide bonds. The first kappa shape index (κ1) is 17.7. The molecule has 0 atom stereocenters. The summed E-state index contributed by atoms with van der Waals surface area (Å²) < 4.78 is 0. The Morgan fingerprint density at radius 3 is 2.56 bits per heavy atom. The molecule has 5 nitrogen and oxygen atoms in total. The Labute approximate surface area is 149 Å². The molecule has 1 aliphatic rings. The van der Waals surface area contributed by atoms with E-state index < -0.39 is 0 Å². The average Bonchev–Trinajstić information content (AvgIpc) is 3.25. The molecule has 25 heavy (non-hydrogen) atoms. The Morgan fingerprint density at radius 1 is 1.20 bits per heavy atom. The number of H-pyrrole nitrogens is 1. The molecule has 0 spiro atoms. The van der Waals surface area contributed by atoms with Gasteiger partial charge in [-0.05, 0) is 55.5 Å². The highest BCUT2D eigenvalue weighted by molar-refractivity contribution is 5.92. The van der Waals surface area contributed by atoms with Crippen LogP contribution in [-0.4, -0.2) is 34.1 Å². The third-order valence-corrected chi connectivity index (χ3v) is 4.57. The SMILES string of the molecule is CC(C)Cc1cc(C(=O)NCc2ccc(CN3CCCC3)cc2)n[nH]1. The van der Waals surface area contributed by atoms with E-state index in [2.05, 4.69) is 58.5 Å². The van der Waals surface area contributed by atoms with Gasteiger partial charge >= 0.3 is 0 Å². The highest BCUT2D eigenvalue weighted by atomic mass is 16.1. The van der Waals surface area contributed by atoms with Gasteiger partial charge in [0.05, 0.1) is 0 Å². The van der Waals surface area contributed by atoms with Crippen molar-refractivity contribution in [3.63, 3.8) is 0 Å². The molecule has 3 rings (SSSR count). The van der Waals surface area contributed by atoms with Crippen molar-refractivity contribution in [1.82, 2.24) is 20.4 Å². The molecule has 2 aromatic rings. The second kappa shape index (κ2) is 8.30. The fraction of sp³-hybridized carbons (Fsp3) is 0.500. The van der Waals surface area contributed by atoms with Crippen LogP contribution in [0.2, 0.25) is 0 Å². The van der Waals surface area contributed by atoms with Gasteiger partial charge in [0.15, 0.2) is 0 Å². The predicted molar refractivity (Wildman–Crippen MR) is 99.3 cm³/mol. The van der Waals surface area contributed by atoms with Crippen LogP contribution in [0.25, 0.3) is 0 Å². The number of nitrogens with one attached hydrogen (secondary N) is 2. The highest BCUT2D eigenvalue weighted by Gasteiger charge is 2.12. The van der Waals surface area contributed by atoms with Crippen molar-refractivity contribution in [2.24, 2.45) is 5.92 Å². The minimum Gasteiger partial charge on any atom is -0.347 e. The van der Waals surface area contributed by atoms with Gasteiger partial charge in [0.1, 0.15) is 5.69 Å². The number of hydrogen-bond acceptors (Lipinski definition) is 3. The lowest BCUT2D eigenvalue weighted by molar-refractivity contribution is 0.0946. The maximum absolute atomic E-state index is 12.2. The molecule has 0 radical (unpaired) electrons. The van der Waals surface area contributed by atoms with Crippen molar-refractivity contribution in [2.75, 3.05) is 13.1 Å². The molecule has 0 saturated carbocycles. The van der Waals surface area contributed by atoms with Gasteiger partial charge in [0.25, 0.3) is 5.91 Å². The van der Waals surface area contributed by atoms with Crippen LogP contribution in [0.5, 0.6) is 0 Å². The summed E-state index contributed by atoms with van der Waals surface area (Å²) in [6.07, 6.45) is 3.53. The standard InChI is InChI=1S/C20H28N4O/c1-15(2)11-18-12-19(23-22-18)20(25)21-13-16-5-7-17(8-6-16)14-24-9-3-4-10-24/h5-8,12,15H,3-4,9-11,13-14H2,1-2H3,(H,21,25)(H,22,23). The van der Waals surface area contributed by atoms with Crippen LogP contribution in [0, 0.1) is 5.92 Å². The van der Waals surface area contributed by atoms with Crippen LogP contribution < -0.4 is 5.32 Å². The van der Waals surface area contributed by atoms with Gasteiger partial charge in [0.2, 0.25) is 0 Å². The van der Waals surface area contributed by atoms with Gasteiger partial charge in [-0.2, -0.15) is 5.10 Å². The summed E-state index contributed by atoms with van der Waals surface area (Å²) in [7, 11) is 0. The Bertz CT molecular complexity index is 684. The number of likely N-dealkylation sites (tertiary alicyclic amines) is 1. The molecule has 1 aliphatic heterocycles. The second-order valence-electron chi connectivity index (χ2n) is 7.36. The van der Waals surface area contributed by atoms with E-state index in [0.717, 1.165) is 24.2 Å². The van der Waals surface area contributed by atoms with Gasteiger partial charge in [-0.3, -0.25) is 14.8 Å². The first-order chi connectivity index (χ1) is 12.1. The minimum atomic E-state index is -0.132. The fourth-order valence-electron chi connectivity index (χ4n) is 3.26. The second-order valence-corrected chi connectivity index (χ2v) is 7.36. The molecular formula is C20H28N4O. The zero-order valence-electron chi connectivity index (χ0n) is 15.2. The van der Waals surface area contributed by atoms with Crippen molar-refractivity contribution in [2.45, 2.75) is 46.2 Å². The van der Waals surface area contributed by atoms with E-state index in [0.29, 0.717) is 18.2 Å². The summed E-state index contributed by atoms with van der Waals surface area (Å²) in [6, 6.07) is 10.4. The van der Waals surface area contributed by atoms with E-state index in [4.69, 9.17) is 0 Å². The molecule has 5 heteroatoms.